The Morgan fingerprint density at radius 1 is 1.22 bits per heavy atom. The highest BCUT2D eigenvalue weighted by atomic mass is 32.2. The second kappa shape index (κ2) is 7.63. The summed E-state index contributed by atoms with van der Waals surface area (Å²) in [6.07, 6.45) is 2.41. The normalized spacial score (nSPS) is 25.1. The summed E-state index contributed by atoms with van der Waals surface area (Å²) in [5.74, 6) is 0.771. The van der Waals surface area contributed by atoms with E-state index in [1.165, 1.54) is 22.0 Å². The molecule has 0 unspecified atom stereocenters. The van der Waals surface area contributed by atoms with Crippen molar-refractivity contribution in [3.63, 3.8) is 0 Å². The summed E-state index contributed by atoms with van der Waals surface area (Å²) in [6.45, 7) is 6.82. The lowest BCUT2D eigenvalue weighted by Gasteiger charge is -2.27. The van der Waals surface area contributed by atoms with E-state index in [0.717, 1.165) is 24.5 Å². The van der Waals surface area contributed by atoms with E-state index in [-0.39, 0.29) is 4.90 Å². The number of morpholine rings is 1. The lowest BCUT2D eigenvalue weighted by Crippen LogP contribution is -3.12. The molecule has 0 spiro atoms. The molecule has 1 N–H and O–H groups in total. The molecule has 9 heteroatoms. The van der Waals surface area contributed by atoms with Gasteiger partial charge in [-0.3, -0.25) is 4.57 Å². The number of ether oxygens (including phenoxy) is 1. The van der Waals surface area contributed by atoms with Crippen LogP contribution in [-0.4, -0.2) is 56.7 Å². The van der Waals surface area contributed by atoms with Gasteiger partial charge in [-0.2, -0.15) is 4.31 Å². The predicted molar refractivity (Wildman–Crippen MR) is 104 cm³/mol. The topological polar surface area (TPSA) is 69.1 Å². The van der Waals surface area contributed by atoms with Gasteiger partial charge < -0.3 is 14.1 Å². The summed E-state index contributed by atoms with van der Waals surface area (Å²) in [4.78, 5) is 2.13. The quantitative estimate of drug-likeness (QED) is 0.766. The SMILES string of the molecule is CC1CC[NH+](Cn2c(=S)oc3ccc(S(=O)(=O)N4CCOCC4)cc32)CC1. The third-order valence-corrected chi connectivity index (χ3v) is 7.81. The molecule has 0 amide bonds. The number of hydrogen-bond acceptors (Lipinski definition) is 5. The van der Waals surface area contributed by atoms with E-state index in [1.54, 1.807) is 18.2 Å². The number of oxazole rings is 1. The van der Waals surface area contributed by atoms with Gasteiger partial charge in [0, 0.05) is 13.1 Å². The molecule has 2 saturated heterocycles. The van der Waals surface area contributed by atoms with Crippen molar-refractivity contribution in [3.05, 3.63) is 23.0 Å². The molecule has 27 heavy (non-hydrogen) atoms. The second-order valence-electron chi connectivity index (χ2n) is 7.53. The number of sulfonamides is 1. The van der Waals surface area contributed by atoms with E-state index in [9.17, 15) is 8.42 Å². The first-order valence-corrected chi connectivity index (χ1v) is 11.3. The third-order valence-electron chi connectivity index (χ3n) is 5.61. The van der Waals surface area contributed by atoms with Gasteiger partial charge in [-0.25, -0.2) is 8.42 Å². The van der Waals surface area contributed by atoms with Crippen LogP contribution in [0.25, 0.3) is 11.1 Å². The fraction of sp³-hybridized carbons (Fsp3) is 0.611. The number of fused-ring (bicyclic) bond motifs is 1. The average Bonchev–Trinajstić information content (AvgIpc) is 2.99. The van der Waals surface area contributed by atoms with Crippen molar-refractivity contribution in [1.82, 2.24) is 8.87 Å². The smallest absolute Gasteiger partial charge is 0.274 e. The van der Waals surface area contributed by atoms with Crippen LogP contribution < -0.4 is 4.90 Å². The molecule has 148 valence electrons. The van der Waals surface area contributed by atoms with Crippen LogP contribution in [0.15, 0.2) is 27.5 Å². The average molecular weight is 413 g/mol. The van der Waals surface area contributed by atoms with Gasteiger partial charge in [-0.05, 0) is 49.2 Å². The Hall–Kier alpha value is -1.26. The van der Waals surface area contributed by atoms with Crippen molar-refractivity contribution in [3.8, 4) is 0 Å². The van der Waals surface area contributed by atoms with Crippen LogP contribution in [0, 0.1) is 10.8 Å². The van der Waals surface area contributed by atoms with Gasteiger partial charge in [0.05, 0.1) is 36.7 Å². The van der Waals surface area contributed by atoms with Crippen molar-refractivity contribution in [2.75, 3.05) is 39.4 Å². The summed E-state index contributed by atoms with van der Waals surface area (Å²) < 4.78 is 40.4. The van der Waals surface area contributed by atoms with Crippen LogP contribution in [-0.2, 0) is 21.4 Å². The molecule has 7 nitrogen and oxygen atoms in total. The third kappa shape index (κ3) is 3.84. The van der Waals surface area contributed by atoms with Crippen LogP contribution in [0.1, 0.15) is 19.8 Å². The van der Waals surface area contributed by atoms with Crippen LogP contribution in [0.2, 0.25) is 0 Å². The number of piperidine rings is 1. The molecule has 1 aromatic heterocycles. The van der Waals surface area contributed by atoms with Crippen LogP contribution >= 0.6 is 12.2 Å². The Bertz CT molecular complexity index is 968. The van der Waals surface area contributed by atoms with E-state index in [4.69, 9.17) is 21.4 Å². The molecule has 0 saturated carbocycles. The largest absolute Gasteiger partial charge is 0.429 e. The molecule has 1 aromatic carbocycles. The minimum atomic E-state index is -3.54. The zero-order chi connectivity index (χ0) is 19.0. The number of nitrogens with zero attached hydrogens (tertiary/aromatic N) is 2. The molecular weight excluding hydrogens is 386 g/mol. The number of nitrogens with one attached hydrogen (secondary N) is 1. The molecular formula is C18H26N3O4S2+. The molecule has 2 fully saturated rings. The minimum absolute atomic E-state index is 0.281. The number of likely N-dealkylation sites (tertiary alicyclic amines) is 1. The highest BCUT2D eigenvalue weighted by Crippen LogP contribution is 2.24. The van der Waals surface area contributed by atoms with Gasteiger partial charge in [-0.1, -0.05) is 6.92 Å². The molecule has 0 aliphatic carbocycles. The van der Waals surface area contributed by atoms with Crippen molar-refractivity contribution >= 4 is 33.3 Å². The van der Waals surface area contributed by atoms with Gasteiger partial charge in [0.1, 0.15) is 0 Å². The Morgan fingerprint density at radius 2 is 1.93 bits per heavy atom. The summed E-state index contributed by atoms with van der Waals surface area (Å²) in [5, 5.41) is 0. The molecule has 2 aliphatic heterocycles. The van der Waals surface area contributed by atoms with E-state index < -0.39 is 10.0 Å². The van der Waals surface area contributed by atoms with E-state index in [1.807, 2.05) is 4.57 Å². The van der Waals surface area contributed by atoms with Gasteiger partial charge >= 0.3 is 0 Å². The van der Waals surface area contributed by atoms with Crippen molar-refractivity contribution in [2.24, 2.45) is 5.92 Å². The molecule has 2 aromatic rings. The van der Waals surface area contributed by atoms with Crippen LogP contribution in [0.4, 0.5) is 0 Å². The van der Waals surface area contributed by atoms with Gasteiger partial charge in [0.2, 0.25) is 10.0 Å². The first kappa shape index (κ1) is 19.1. The first-order valence-electron chi connectivity index (χ1n) is 9.50. The Kier molecular flexibility index (Phi) is 5.39. The number of benzene rings is 1. The number of quaternary nitrogens is 1. The van der Waals surface area contributed by atoms with Gasteiger partial charge in [-0.15, -0.1) is 0 Å². The van der Waals surface area contributed by atoms with Crippen molar-refractivity contribution < 1.29 is 22.5 Å². The van der Waals surface area contributed by atoms with Crippen LogP contribution in [0.3, 0.4) is 0 Å². The first-order chi connectivity index (χ1) is 12.9. The van der Waals surface area contributed by atoms with Crippen molar-refractivity contribution in [2.45, 2.75) is 31.3 Å². The second-order valence-corrected chi connectivity index (χ2v) is 9.82. The number of hydrogen-bond donors (Lipinski definition) is 1. The van der Waals surface area contributed by atoms with E-state index >= 15 is 0 Å². The maximum Gasteiger partial charge on any atom is 0.274 e. The molecule has 0 bridgehead atoms. The van der Waals surface area contributed by atoms with E-state index in [2.05, 4.69) is 6.92 Å². The predicted octanol–water partition coefficient (Wildman–Crippen LogP) is 1.26. The Balaban J connectivity index is 1.66. The maximum atomic E-state index is 13.0. The highest BCUT2D eigenvalue weighted by Gasteiger charge is 2.27. The van der Waals surface area contributed by atoms with Crippen molar-refractivity contribution in [1.29, 1.82) is 0 Å². The minimum Gasteiger partial charge on any atom is -0.429 e. The molecule has 3 heterocycles. The zero-order valence-electron chi connectivity index (χ0n) is 15.5. The molecule has 4 rings (SSSR count). The fourth-order valence-corrected chi connectivity index (χ4v) is 5.52. The lowest BCUT2D eigenvalue weighted by molar-refractivity contribution is -0.928. The number of rotatable bonds is 4. The Labute approximate surface area is 164 Å². The van der Waals surface area contributed by atoms with E-state index in [0.29, 0.717) is 43.4 Å². The summed E-state index contributed by atoms with van der Waals surface area (Å²) in [5.41, 5.74) is 1.38. The molecule has 0 radical (unpaired) electrons. The Morgan fingerprint density at radius 3 is 2.63 bits per heavy atom. The highest BCUT2D eigenvalue weighted by molar-refractivity contribution is 7.89. The lowest BCUT2D eigenvalue weighted by atomic mass is 10.00. The molecule has 0 atom stereocenters. The molecule has 2 aliphatic rings. The van der Waals surface area contributed by atoms with Crippen LogP contribution in [0.5, 0.6) is 0 Å². The summed E-state index contributed by atoms with van der Waals surface area (Å²) >= 11 is 5.41. The number of aromatic nitrogens is 1. The zero-order valence-corrected chi connectivity index (χ0v) is 17.2. The van der Waals surface area contributed by atoms with Gasteiger partial charge in [0.25, 0.3) is 4.84 Å². The summed E-state index contributed by atoms with van der Waals surface area (Å²) in [7, 11) is -3.54. The monoisotopic (exact) mass is 412 g/mol. The van der Waals surface area contributed by atoms with Gasteiger partial charge in [0.15, 0.2) is 12.3 Å². The maximum absolute atomic E-state index is 13.0. The standard InChI is InChI=1S/C18H25N3O4S2/c1-14-4-6-19(7-5-14)13-21-16-12-15(2-3-17(16)25-18(21)26)27(22,23)20-8-10-24-11-9-20/h2-3,12,14H,4-11,13H2,1H3/p+1. The summed E-state index contributed by atoms with van der Waals surface area (Å²) in [6, 6.07) is 5.01. The fourth-order valence-electron chi connectivity index (χ4n) is 3.84.